The number of carbonyl (C=O) groups excluding carboxylic acids is 2. The molecule has 0 atom stereocenters. The Morgan fingerprint density at radius 2 is 1.88 bits per heavy atom. The number of nitrogens with one attached hydrogen (secondary N) is 1. The zero-order valence-electron chi connectivity index (χ0n) is 13.8. The zero-order valence-corrected chi connectivity index (χ0v) is 14.6. The molecule has 0 unspecified atom stereocenters. The molecular weight excluding hydrogens is 336 g/mol. The highest BCUT2D eigenvalue weighted by molar-refractivity contribution is 8.18. The number of aromatic nitrogens is 1. The molecule has 1 aliphatic heterocycles. The number of amides is 2. The molecule has 0 aliphatic carbocycles. The first-order chi connectivity index (χ1) is 12.1. The Labute approximate surface area is 150 Å². The van der Waals surface area contributed by atoms with Gasteiger partial charge in [-0.2, -0.15) is 0 Å². The number of hydrogen-bond acceptors (Lipinski definition) is 5. The van der Waals surface area contributed by atoms with Gasteiger partial charge in [0.25, 0.3) is 11.1 Å². The number of ether oxygens (including phenoxy) is 1. The number of rotatable bonds is 6. The van der Waals surface area contributed by atoms with Gasteiger partial charge in [0.05, 0.1) is 11.5 Å². The van der Waals surface area contributed by atoms with E-state index in [0.29, 0.717) is 11.5 Å². The number of nitrogens with zero attached hydrogens (tertiary/aromatic N) is 1. The summed E-state index contributed by atoms with van der Waals surface area (Å²) in [5, 5.41) is 1.90. The van der Waals surface area contributed by atoms with Gasteiger partial charge in [-0.15, -0.1) is 0 Å². The van der Waals surface area contributed by atoms with Crippen molar-refractivity contribution in [1.29, 1.82) is 0 Å². The van der Waals surface area contributed by atoms with Gasteiger partial charge in [0.15, 0.2) is 0 Å². The lowest BCUT2D eigenvalue weighted by Crippen LogP contribution is -2.17. The average molecular weight is 354 g/mol. The van der Waals surface area contributed by atoms with Crippen LogP contribution in [0.3, 0.4) is 0 Å². The summed E-state index contributed by atoms with van der Waals surface area (Å²) in [6.07, 6.45) is 3.36. The molecule has 128 valence electrons. The van der Waals surface area contributed by atoms with Crippen molar-refractivity contribution in [3.63, 3.8) is 0 Å². The van der Waals surface area contributed by atoms with Gasteiger partial charge in [-0.3, -0.25) is 19.9 Å². The number of imide groups is 1. The van der Waals surface area contributed by atoms with E-state index in [0.717, 1.165) is 47.3 Å². The Balaban J connectivity index is 1.55. The topological polar surface area (TPSA) is 68.3 Å². The SMILES string of the molecule is CCc1cccc(CCOc2ccc(/C=C3\SC(=O)NC3=O)cc2)n1. The monoisotopic (exact) mass is 354 g/mol. The van der Waals surface area contributed by atoms with Crippen LogP contribution in [0.25, 0.3) is 6.08 Å². The van der Waals surface area contributed by atoms with E-state index in [-0.39, 0.29) is 11.1 Å². The van der Waals surface area contributed by atoms with E-state index in [1.807, 2.05) is 42.5 Å². The molecule has 2 amide bonds. The molecule has 2 heterocycles. The number of aryl methyl sites for hydroxylation is 1. The first kappa shape index (κ1) is 17.2. The Morgan fingerprint density at radius 1 is 1.12 bits per heavy atom. The van der Waals surface area contributed by atoms with Crippen molar-refractivity contribution in [2.45, 2.75) is 19.8 Å². The number of carbonyl (C=O) groups is 2. The second kappa shape index (κ2) is 7.98. The maximum Gasteiger partial charge on any atom is 0.290 e. The van der Waals surface area contributed by atoms with Crippen LogP contribution >= 0.6 is 11.8 Å². The maximum atomic E-state index is 11.5. The summed E-state index contributed by atoms with van der Waals surface area (Å²) in [5.74, 6) is 0.408. The smallest absolute Gasteiger partial charge is 0.290 e. The molecule has 0 spiro atoms. The number of thioether (sulfide) groups is 1. The van der Waals surface area contributed by atoms with Crippen molar-refractivity contribution in [1.82, 2.24) is 10.3 Å². The Morgan fingerprint density at radius 3 is 2.56 bits per heavy atom. The van der Waals surface area contributed by atoms with E-state index in [1.54, 1.807) is 6.08 Å². The predicted molar refractivity (Wildman–Crippen MR) is 98.4 cm³/mol. The fraction of sp³-hybridized carbons (Fsp3) is 0.211. The van der Waals surface area contributed by atoms with Gasteiger partial charge in [0.2, 0.25) is 0 Å². The van der Waals surface area contributed by atoms with Crippen LogP contribution in [0.5, 0.6) is 5.75 Å². The maximum absolute atomic E-state index is 11.5. The van der Waals surface area contributed by atoms with Gasteiger partial charge in [0, 0.05) is 17.8 Å². The first-order valence-electron chi connectivity index (χ1n) is 8.06. The van der Waals surface area contributed by atoms with Gasteiger partial charge in [0.1, 0.15) is 5.75 Å². The van der Waals surface area contributed by atoms with Crippen LogP contribution in [0, 0.1) is 0 Å². The highest BCUT2D eigenvalue weighted by Crippen LogP contribution is 2.26. The van der Waals surface area contributed by atoms with Crippen molar-refractivity contribution in [3.8, 4) is 5.75 Å². The summed E-state index contributed by atoms with van der Waals surface area (Å²) in [7, 11) is 0. The first-order valence-corrected chi connectivity index (χ1v) is 8.88. The van der Waals surface area contributed by atoms with E-state index in [2.05, 4.69) is 17.2 Å². The fourth-order valence-electron chi connectivity index (χ4n) is 2.37. The molecule has 1 N–H and O–H groups in total. The molecule has 3 rings (SSSR count). The zero-order chi connectivity index (χ0) is 17.6. The molecule has 2 aromatic rings. The van der Waals surface area contributed by atoms with Gasteiger partial charge >= 0.3 is 0 Å². The average Bonchev–Trinajstić information content (AvgIpc) is 2.94. The summed E-state index contributed by atoms with van der Waals surface area (Å²) in [5.41, 5.74) is 2.95. The molecule has 1 fully saturated rings. The lowest BCUT2D eigenvalue weighted by atomic mass is 10.2. The molecule has 5 nitrogen and oxygen atoms in total. The van der Waals surface area contributed by atoms with Gasteiger partial charge in [-0.05, 0) is 54.1 Å². The Kier molecular flexibility index (Phi) is 5.50. The molecule has 1 saturated heterocycles. The van der Waals surface area contributed by atoms with Crippen molar-refractivity contribution in [2.75, 3.05) is 6.61 Å². The number of hydrogen-bond donors (Lipinski definition) is 1. The van der Waals surface area contributed by atoms with E-state index >= 15 is 0 Å². The van der Waals surface area contributed by atoms with Crippen molar-refractivity contribution in [2.24, 2.45) is 0 Å². The molecule has 0 bridgehead atoms. The quantitative estimate of drug-likeness (QED) is 0.803. The van der Waals surface area contributed by atoms with E-state index in [9.17, 15) is 9.59 Å². The minimum atomic E-state index is -0.350. The van der Waals surface area contributed by atoms with Crippen molar-refractivity contribution in [3.05, 3.63) is 64.3 Å². The highest BCUT2D eigenvalue weighted by atomic mass is 32.2. The standard InChI is InChI=1S/C19H18N2O3S/c1-2-14-4-3-5-15(20-14)10-11-24-16-8-6-13(7-9-16)12-17-18(22)21-19(23)25-17/h3-9,12H,2,10-11H2,1H3,(H,21,22,23)/b17-12-. The van der Waals surface area contributed by atoms with Crippen LogP contribution in [0.2, 0.25) is 0 Å². The third-order valence-electron chi connectivity index (χ3n) is 3.67. The van der Waals surface area contributed by atoms with Gasteiger partial charge < -0.3 is 4.74 Å². The summed E-state index contributed by atoms with van der Waals surface area (Å²) >= 11 is 0.910. The lowest BCUT2D eigenvalue weighted by Gasteiger charge is -2.07. The molecule has 6 heteroatoms. The summed E-state index contributed by atoms with van der Waals surface area (Å²) in [4.78, 5) is 27.6. The predicted octanol–water partition coefficient (Wildman–Crippen LogP) is 3.59. The van der Waals surface area contributed by atoms with Crippen LogP contribution in [0.4, 0.5) is 4.79 Å². The molecule has 1 aliphatic rings. The third-order valence-corrected chi connectivity index (χ3v) is 4.48. The molecule has 0 radical (unpaired) electrons. The van der Waals surface area contributed by atoms with Crippen LogP contribution < -0.4 is 10.1 Å². The van der Waals surface area contributed by atoms with Crippen LogP contribution in [0.1, 0.15) is 23.9 Å². The largest absolute Gasteiger partial charge is 0.493 e. The third kappa shape index (κ3) is 4.70. The minimum Gasteiger partial charge on any atom is -0.493 e. The van der Waals surface area contributed by atoms with E-state index in [1.165, 1.54) is 0 Å². The Bertz CT molecular complexity index is 816. The summed E-state index contributed by atoms with van der Waals surface area (Å²) in [6.45, 7) is 2.64. The molecule has 25 heavy (non-hydrogen) atoms. The summed E-state index contributed by atoms with van der Waals surface area (Å²) in [6, 6.07) is 13.5. The molecule has 1 aromatic heterocycles. The van der Waals surface area contributed by atoms with E-state index < -0.39 is 0 Å². The second-order valence-corrected chi connectivity index (χ2v) is 6.51. The van der Waals surface area contributed by atoms with E-state index in [4.69, 9.17) is 4.74 Å². The molecule has 1 aromatic carbocycles. The Hall–Kier alpha value is -2.60. The fourth-order valence-corrected chi connectivity index (χ4v) is 3.05. The van der Waals surface area contributed by atoms with Gasteiger partial charge in [-0.1, -0.05) is 25.1 Å². The molecule has 0 saturated carbocycles. The van der Waals surface area contributed by atoms with Crippen LogP contribution in [0.15, 0.2) is 47.4 Å². The normalized spacial score (nSPS) is 15.5. The van der Waals surface area contributed by atoms with Gasteiger partial charge in [-0.25, -0.2) is 0 Å². The molecular formula is C19H18N2O3S. The lowest BCUT2D eigenvalue weighted by molar-refractivity contribution is -0.115. The number of benzene rings is 1. The van der Waals surface area contributed by atoms with Crippen LogP contribution in [-0.2, 0) is 17.6 Å². The number of pyridine rings is 1. The minimum absolute atomic E-state index is 0.336. The summed E-state index contributed by atoms with van der Waals surface area (Å²) < 4.78 is 5.75. The second-order valence-electron chi connectivity index (χ2n) is 5.49. The van der Waals surface area contributed by atoms with Crippen molar-refractivity contribution < 1.29 is 14.3 Å². The highest BCUT2D eigenvalue weighted by Gasteiger charge is 2.24. The van der Waals surface area contributed by atoms with Crippen molar-refractivity contribution >= 4 is 29.0 Å². The van der Waals surface area contributed by atoms with Crippen LogP contribution in [-0.4, -0.2) is 22.7 Å².